The van der Waals surface area contributed by atoms with Gasteiger partial charge in [0.2, 0.25) is 0 Å². The number of urea groups is 1. The monoisotopic (exact) mass is 383 g/mol. The van der Waals surface area contributed by atoms with Crippen LogP contribution in [0.1, 0.15) is 12.5 Å². The van der Waals surface area contributed by atoms with Crippen LogP contribution in [0.5, 0.6) is 5.75 Å². The lowest BCUT2D eigenvalue weighted by Gasteiger charge is -2.21. The molecule has 0 spiro atoms. The minimum atomic E-state index is -3.59. The van der Waals surface area contributed by atoms with Gasteiger partial charge in [-0.15, -0.1) is 0 Å². The Bertz CT molecular complexity index is 955. The summed E-state index contributed by atoms with van der Waals surface area (Å²) in [5, 5.41) is 3.33. The van der Waals surface area contributed by atoms with Gasteiger partial charge in [-0.3, -0.25) is 9.08 Å². The highest BCUT2D eigenvalue weighted by Gasteiger charge is 2.40. The maximum atomic E-state index is 12.4. The zero-order valence-corrected chi connectivity index (χ0v) is 15.3. The van der Waals surface area contributed by atoms with Crippen molar-refractivity contribution < 1.29 is 22.1 Å². The number of anilines is 1. The maximum Gasteiger partial charge on any atom is 0.324 e. The largest absolute Gasteiger partial charge is 0.493 e. The van der Waals surface area contributed by atoms with Gasteiger partial charge in [-0.2, -0.15) is 8.42 Å². The number of carbonyl (C=O) groups is 1. The smallest absolute Gasteiger partial charge is 0.324 e. The number of nitrogens with zero attached hydrogens (tertiary/aromatic N) is 2. The number of fused-ring (bicyclic) bond motifs is 3. The summed E-state index contributed by atoms with van der Waals surface area (Å²) in [6.07, 6.45) is 1.78. The van der Waals surface area contributed by atoms with Gasteiger partial charge in [-0.25, -0.2) is 9.78 Å². The van der Waals surface area contributed by atoms with Gasteiger partial charge in [0.25, 0.3) is 10.1 Å². The van der Waals surface area contributed by atoms with E-state index < -0.39 is 16.2 Å². The summed E-state index contributed by atoms with van der Waals surface area (Å²) < 4.78 is 34.1. The molecule has 1 aromatic heterocycles. The predicted octanol–water partition coefficient (Wildman–Crippen LogP) is 1.49. The van der Waals surface area contributed by atoms with E-state index in [1.807, 2.05) is 19.1 Å². The highest BCUT2D eigenvalue weighted by molar-refractivity contribution is 7.85. The molecule has 1 fully saturated rings. The Labute approximate surface area is 148 Å². The van der Waals surface area contributed by atoms with Crippen LogP contribution in [-0.2, 0) is 20.7 Å². The lowest BCUT2D eigenvalue weighted by molar-refractivity contribution is 0.250. The number of thiazole rings is 1. The van der Waals surface area contributed by atoms with Crippen molar-refractivity contribution in [3.63, 3.8) is 0 Å². The Hall–Kier alpha value is -1.91. The van der Waals surface area contributed by atoms with Crippen molar-refractivity contribution in [1.82, 2.24) is 10.3 Å². The zero-order valence-electron chi connectivity index (χ0n) is 13.7. The first kappa shape index (κ1) is 16.6. The van der Waals surface area contributed by atoms with Gasteiger partial charge in [0.1, 0.15) is 5.75 Å². The predicted molar refractivity (Wildman–Crippen MR) is 93.9 cm³/mol. The van der Waals surface area contributed by atoms with Crippen molar-refractivity contribution in [1.29, 1.82) is 0 Å². The molecular formula is C15H17N3O5S2. The second kappa shape index (κ2) is 5.82. The molecule has 0 saturated carbocycles. The third kappa shape index (κ3) is 2.94. The number of hydrogen-bond acceptors (Lipinski definition) is 7. The van der Waals surface area contributed by atoms with E-state index in [1.54, 1.807) is 0 Å². The number of ether oxygens (including phenoxy) is 1. The number of hydrogen-bond donors (Lipinski definition) is 1. The SMILES string of the molecule is C[C@@H]1NC(=O)N(c2nc3c4c(ccc3s2)OCC4)[C@@H]1COS(C)(=O)=O. The molecule has 4 rings (SSSR count). The quantitative estimate of drug-likeness (QED) is 0.804. The number of rotatable bonds is 4. The second-order valence-corrected chi connectivity index (χ2v) is 8.80. The Morgan fingerprint density at radius 1 is 1.48 bits per heavy atom. The van der Waals surface area contributed by atoms with E-state index in [2.05, 4.69) is 10.3 Å². The molecule has 2 atom stereocenters. The van der Waals surface area contributed by atoms with E-state index in [0.717, 1.165) is 34.2 Å². The second-order valence-electron chi connectivity index (χ2n) is 6.15. The van der Waals surface area contributed by atoms with E-state index in [4.69, 9.17) is 8.92 Å². The Morgan fingerprint density at radius 3 is 3.04 bits per heavy atom. The average molecular weight is 383 g/mol. The summed E-state index contributed by atoms with van der Waals surface area (Å²) in [6, 6.07) is 2.84. The zero-order chi connectivity index (χ0) is 17.8. The third-order valence-electron chi connectivity index (χ3n) is 4.36. The number of aromatic nitrogens is 1. The van der Waals surface area contributed by atoms with Crippen LogP contribution in [0.15, 0.2) is 12.1 Å². The first-order valence-electron chi connectivity index (χ1n) is 7.83. The number of benzene rings is 1. The minimum absolute atomic E-state index is 0.115. The van der Waals surface area contributed by atoms with Crippen molar-refractivity contribution in [3.05, 3.63) is 17.7 Å². The van der Waals surface area contributed by atoms with Gasteiger partial charge in [-0.1, -0.05) is 11.3 Å². The Kier molecular flexibility index (Phi) is 3.85. The lowest BCUT2D eigenvalue weighted by Crippen LogP contribution is -2.40. The minimum Gasteiger partial charge on any atom is -0.493 e. The molecule has 1 saturated heterocycles. The van der Waals surface area contributed by atoms with Crippen molar-refractivity contribution in [2.45, 2.75) is 25.4 Å². The van der Waals surface area contributed by atoms with E-state index in [0.29, 0.717) is 11.7 Å². The first-order chi connectivity index (χ1) is 11.8. The van der Waals surface area contributed by atoms with E-state index >= 15 is 0 Å². The van der Waals surface area contributed by atoms with Crippen LogP contribution in [0.3, 0.4) is 0 Å². The summed E-state index contributed by atoms with van der Waals surface area (Å²) in [5.41, 5.74) is 1.89. The van der Waals surface area contributed by atoms with Crippen LogP contribution in [0.4, 0.5) is 9.93 Å². The van der Waals surface area contributed by atoms with Gasteiger partial charge >= 0.3 is 6.03 Å². The fourth-order valence-corrected chi connectivity index (χ4v) is 4.58. The van der Waals surface area contributed by atoms with E-state index in [-0.39, 0.29) is 18.7 Å². The molecule has 0 bridgehead atoms. The summed E-state index contributed by atoms with van der Waals surface area (Å²) in [6.45, 7) is 2.33. The molecule has 2 amide bonds. The molecule has 1 N–H and O–H groups in total. The first-order valence-corrected chi connectivity index (χ1v) is 10.5. The van der Waals surface area contributed by atoms with Gasteiger partial charge in [-0.05, 0) is 19.1 Å². The van der Waals surface area contributed by atoms with Crippen LogP contribution in [-0.4, -0.2) is 51.0 Å². The van der Waals surface area contributed by atoms with Crippen LogP contribution >= 0.6 is 11.3 Å². The maximum absolute atomic E-state index is 12.4. The molecule has 0 radical (unpaired) electrons. The third-order valence-corrected chi connectivity index (χ3v) is 5.94. The Balaban J connectivity index is 1.71. The molecule has 2 aliphatic heterocycles. The molecule has 2 aromatic rings. The van der Waals surface area contributed by atoms with Gasteiger partial charge in [0.15, 0.2) is 5.13 Å². The standard InChI is InChI=1S/C15H17N3O5S2/c1-8-10(7-23-25(2,20)21)18(14(19)16-8)15-17-13-9-5-6-22-11(9)3-4-12(13)24-15/h3-4,8,10H,5-7H2,1-2H3,(H,16,19)/t8-,10+/m0/s1. The van der Waals surface area contributed by atoms with Crippen LogP contribution in [0.25, 0.3) is 10.2 Å². The lowest BCUT2D eigenvalue weighted by atomic mass is 10.1. The van der Waals surface area contributed by atoms with Crippen molar-refractivity contribution in [2.24, 2.45) is 0 Å². The molecule has 25 heavy (non-hydrogen) atoms. The van der Waals surface area contributed by atoms with E-state index in [9.17, 15) is 13.2 Å². The molecule has 2 aliphatic rings. The number of nitrogens with one attached hydrogen (secondary N) is 1. The number of carbonyl (C=O) groups excluding carboxylic acids is 1. The Morgan fingerprint density at radius 2 is 2.28 bits per heavy atom. The molecule has 0 unspecified atom stereocenters. The van der Waals surface area contributed by atoms with Crippen molar-refractivity contribution in [2.75, 3.05) is 24.4 Å². The normalized spacial score (nSPS) is 23.0. The molecular weight excluding hydrogens is 366 g/mol. The van der Waals surface area contributed by atoms with E-state index in [1.165, 1.54) is 16.2 Å². The van der Waals surface area contributed by atoms with Crippen LogP contribution in [0.2, 0.25) is 0 Å². The topological polar surface area (TPSA) is 97.8 Å². The summed E-state index contributed by atoms with van der Waals surface area (Å²) in [7, 11) is -3.59. The molecule has 3 heterocycles. The summed E-state index contributed by atoms with van der Waals surface area (Å²) in [5.74, 6) is 0.834. The summed E-state index contributed by atoms with van der Waals surface area (Å²) in [4.78, 5) is 18.5. The van der Waals surface area contributed by atoms with Gasteiger partial charge in [0.05, 0.1) is 41.8 Å². The molecule has 8 nitrogen and oxygen atoms in total. The van der Waals surface area contributed by atoms with Crippen molar-refractivity contribution in [3.8, 4) is 5.75 Å². The van der Waals surface area contributed by atoms with Crippen LogP contribution < -0.4 is 15.0 Å². The average Bonchev–Trinajstić information content (AvgIpc) is 3.19. The van der Waals surface area contributed by atoms with Crippen LogP contribution in [0, 0.1) is 0 Å². The van der Waals surface area contributed by atoms with Crippen molar-refractivity contribution >= 4 is 42.8 Å². The van der Waals surface area contributed by atoms with Gasteiger partial charge in [0, 0.05) is 12.0 Å². The number of amides is 2. The highest BCUT2D eigenvalue weighted by atomic mass is 32.2. The molecule has 134 valence electrons. The fraction of sp³-hybridized carbons (Fsp3) is 0.467. The molecule has 0 aliphatic carbocycles. The summed E-state index contributed by atoms with van der Waals surface area (Å²) >= 11 is 1.40. The molecule has 10 heteroatoms. The fourth-order valence-electron chi connectivity index (χ4n) is 3.14. The highest BCUT2D eigenvalue weighted by Crippen LogP contribution is 2.38. The molecule has 1 aromatic carbocycles. The van der Waals surface area contributed by atoms with Gasteiger partial charge < -0.3 is 10.1 Å².